The summed E-state index contributed by atoms with van der Waals surface area (Å²) in [6, 6.07) is 18.9. The van der Waals surface area contributed by atoms with Crippen molar-refractivity contribution in [2.75, 3.05) is 11.9 Å². The van der Waals surface area contributed by atoms with Gasteiger partial charge in [-0.25, -0.2) is 0 Å². The lowest BCUT2D eigenvalue weighted by atomic mass is 9.91. The van der Waals surface area contributed by atoms with E-state index in [0.717, 1.165) is 10.5 Å². The van der Waals surface area contributed by atoms with Crippen LogP contribution in [0.2, 0.25) is 10.0 Å². The van der Waals surface area contributed by atoms with Crippen LogP contribution in [0.4, 0.5) is 5.69 Å². The summed E-state index contributed by atoms with van der Waals surface area (Å²) in [6.45, 7) is 1.35. The lowest BCUT2D eigenvalue weighted by Gasteiger charge is -2.17. The first-order valence-corrected chi connectivity index (χ1v) is 10.8. The Morgan fingerprint density at radius 1 is 1.03 bits per heavy atom. The lowest BCUT2D eigenvalue weighted by molar-refractivity contribution is -0.116. The van der Waals surface area contributed by atoms with Crippen molar-refractivity contribution in [2.45, 2.75) is 12.8 Å². The molecule has 1 N–H and O–H groups in total. The largest absolute Gasteiger partial charge is 0.324 e. The van der Waals surface area contributed by atoms with Crippen molar-refractivity contribution in [3.8, 4) is 6.07 Å². The standard InChI is InChI=1S/C25H17Cl2N3O3/c1-14-10-19(20(12-28)15-6-8-16(26)9-7-15)21(27)11-22(14)29-23(31)13-30-24(32)17-4-2-3-5-18(17)25(30)33/h2-11,20H,13H2,1H3,(H,29,31). The van der Waals surface area contributed by atoms with E-state index >= 15 is 0 Å². The molecule has 1 heterocycles. The number of halogens is 2. The summed E-state index contributed by atoms with van der Waals surface area (Å²) in [5.74, 6) is -2.16. The predicted octanol–water partition coefficient (Wildman–Crippen LogP) is 5.19. The molecule has 3 aromatic rings. The lowest BCUT2D eigenvalue weighted by Crippen LogP contribution is -2.37. The number of anilines is 1. The van der Waals surface area contributed by atoms with Crippen LogP contribution < -0.4 is 5.32 Å². The maximum atomic E-state index is 12.6. The van der Waals surface area contributed by atoms with E-state index in [1.165, 1.54) is 0 Å². The van der Waals surface area contributed by atoms with Crippen molar-refractivity contribution in [1.29, 1.82) is 5.26 Å². The zero-order chi connectivity index (χ0) is 23.7. The molecule has 164 valence electrons. The SMILES string of the molecule is Cc1cc(C(C#N)c2ccc(Cl)cc2)c(Cl)cc1NC(=O)CN1C(=O)c2ccccc2C1=O. The maximum absolute atomic E-state index is 12.6. The molecule has 0 aromatic heterocycles. The summed E-state index contributed by atoms with van der Waals surface area (Å²) >= 11 is 12.4. The van der Waals surface area contributed by atoms with Crippen molar-refractivity contribution < 1.29 is 14.4 Å². The predicted molar refractivity (Wildman–Crippen MR) is 126 cm³/mol. The van der Waals surface area contributed by atoms with Gasteiger partial charge in [0.05, 0.1) is 23.1 Å². The van der Waals surface area contributed by atoms with Gasteiger partial charge in [0.15, 0.2) is 0 Å². The molecule has 0 aliphatic carbocycles. The van der Waals surface area contributed by atoms with E-state index in [0.29, 0.717) is 26.9 Å². The molecule has 1 aliphatic rings. The van der Waals surface area contributed by atoms with Crippen molar-refractivity contribution in [3.05, 3.63) is 98.5 Å². The number of rotatable bonds is 5. The number of imide groups is 1. The third kappa shape index (κ3) is 4.34. The van der Waals surface area contributed by atoms with Crippen LogP contribution in [-0.4, -0.2) is 29.2 Å². The molecule has 0 bridgehead atoms. The van der Waals surface area contributed by atoms with Gasteiger partial charge in [-0.15, -0.1) is 0 Å². The number of nitrogens with one attached hydrogen (secondary N) is 1. The van der Waals surface area contributed by atoms with Crippen LogP contribution in [-0.2, 0) is 4.79 Å². The first-order valence-electron chi connectivity index (χ1n) is 10.0. The summed E-state index contributed by atoms with van der Waals surface area (Å²) in [6.07, 6.45) is 0. The van der Waals surface area contributed by atoms with Crippen LogP contribution in [0.1, 0.15) is 43.3 Å². The monoisotopic (exact) mass is 477 g/mol. The molecule has 0 spiro atoms. The molecule has 1 aliphatic heterocycles. The Morgan fingerprint density at radius 3 is 2.21 bits per heavy atom. The number of fused-ring (bicyclic) bond motifs is 1. The summed E-state index contributed by atoms with van der Waals surface area (Å²) in [5, 5.41) is 13.3. The number of carbonyl (C=O) groups is 3. The summed E-state index contributed by atoms with van der Waals surface area (Å²) in [7, 11) is 0. The van der Waals surface area contributed by atoms with Crippen molar-refractivity contribution in [1.82, 2.24) is 4.90 Å². The zero-order valence-corrected chi connectivity index (χ0v) is 18.9. The first-order chi connectivity index (χ1) is 15.8. The fraction of sp³-hybridized carbons (Fsp3) is 0.120. The number of amides is 3. The van der Waals surface area contributed by atoms with E-state index in [9.17, 15) is 19.6 Å². The Bertz CT molecular complexity index is 1290. The van der Waals surface area contributed by atoms with E-state index < -0.39 is 30.2 Å². The van der Waals surface area contributed by atoms with Crippen molar-refractivity contribution in [2.24, 2.45) is 0 Å². The Morgan fingerprint density at radius 2 is 1.64 bits per heavy atom. The van der Waals surface area contributed by atoms with Crippen molar-refractivity contribution in [3.63, 3.8) is 0 Å². The molecule has 1 unspecified atom stereocenters. The van der Waals surface area contributed by atoms with Crippen LogP contribution in [0.15, 0.2) is 60.7 Å². The topological polar surface area (TPSA) is 90.3 Å². The second kappa shape index (κ2) is 9.07. The molecule has 8 heteroatoms. The van der Waals surface area contributed by atoms with Crippen LogP contribution in [0, 0.1) is 18.3 Å². The molecule has 0 saturated carbocycles. The van der Waals surface area contributed by atoms with E-state index in [2.05, 4.69) is 11.4 Å². The quantitative estimate of drug-likeness (QED) is 0.511. The zero-order valence-electron chi connectivity index (χ0n) is 17.4. The molecule has 4 rings (SSSR count). The smallest absolute Gasteiger partial charge is 0.262 e. The molecule has 1 atom stereocenters. The second-order valence-electron chi connectivity index (χ2n) is 7.59. The van der Waals surface area contributed by atoms with Gasteiger partial charge >= 0.3 is 0 Å². The van der Waals surface area contributed by atoms with Gasteiger partial charge in [0.2, 0.25) is 5.91 Å². The average Bonchev–Trinajstić information content (AvgIpc) is 3.03. The van der Waals surface area contributed by atoms with Gasteiger partial charge in [0.25, 0.3) is 11.8 Å². The normalized spacial score (nSPS) is 13.5. The molecule has 0 saturated heterocycles. The molecule has 3 aromatic carbocycles. The Labute approximate surface area is 200 Å². The molecule has 0 radical (unpaired) electrons. The van der Waals surface area contributed by atoms with Gasteiger partial charge in [-0.1, -0.05) is 53.5 Å². The number of hydrogen-bond donors (Lipinski definition) is 1. The highest BCUT2D eigenvalue weighted by molar-refractivity contribution is 6.32. The summed E-state index contributed by atoms with van der Waals surface area (Å²) < 4.78 is 0. The number of nitrogens with zero attached hydrogens (tertiary/aromatic N) is 2. The van der Waals surface area contributed by atoms with Gasteiger partial charge in [-0.3, -0.25) is 19.3 Å². The number of benzene rings is 3. The van der Waals surface area contributed by atoms with E-state index in [4.69, 9.17) is 23.2 Å². The Balaban J connectivity index is 1.53. The van der Waals surface area contributed by atoms with Gasteiger partial charge in [-0.2, -0.15) is 5.26 Å². The Hall–Kier alpha value is -3.66. The minimum Gasteiger partial charge on any atom is -0.324 e. The highest BCUT2D eigenvalue weighted by Crippen LogP contribution is 2.34. The molecule has 6 nitrogen and oxygen atoms in total. The number of nitriles is 1. The van der Waals surface area contributed by atoms with Gasteiger partial charge in [-0.05, 0) is 53.9 Å². The van der Waals surface area contributed by atoms with Gasteiger partial charge < -0.3 is 5.32 Å². The van der Waals surface area contributed by atoms with Crippen LogP contribution in [0.25, 0.3) is 0 Å². The number of hydrogen-bond acceptors (Lipinski definition) is 4. The average molecular weight is 478 g/mol. The third-order valence-corrected chi connectivity index (χ3v) is 6.02. The minimum absolute atomic E-state index is 0.281. The van der Waals surface area contributed by atoms with Crippen LogP contribution in [0.3, 0.4) is 0 Å². The van der Waals surface area contributed by atoms with E-state index in [-0.39, 0.29) is 11.1 Å². The third-order valence-electron chi connectivity index (χ3n) is 5.44. The van der Waals surface area contributed by atoms with E-state index in [1.54, 1.807) is 67.6 Å². The fourth-order valence-electron chi connectivity index (χ4n) is 3.75. The van der Waals surface area contributed by atoms with Crippen LogP contribution >= 0.6 is 23.2 Å². The fourth-order valence-corrected chi connectivity index (χ4v) is 4.15. The minimum atomic E-state index is -0.614. The molecule has 33 heavy (non-hydrogen) atoms. The van der Waals surface area contributed by atoms with E-state index in [1.807, 2.05) is 0 Å². The highest BCUT2D eigenvalue weighted by atomic mass is 35.5. The summed E-state index contributed by atoms with van der Waals surface area (Å²) in [5.41, 5.74) is 3.01. The first kappa shape index (κ1) is 22.5. The second-order valence-corrected chi connectivity index (χ2v) is 8.44. The molecule has 3 amide bonds. The summed E-state index contributed by atoms with van der Waals surface area (Å²) in [4.78, 5) is 38.5. The number of carbonyl (C=O) groups excluding carboxylic acids is 3. The molecular weight excluding hydrogens is 461 g/mol. The van der Waals surface area contributed by atoms with Gasteiger partial charge in [0, 0.05) is 15.7 Å². The van der Waals surface area contributed by atoms with Gasteiger partial charge in [0.1, 0.15) is 6.54 Å². The van der Waals surface area contributed by atoms with Crippen LogP contribution in [0.5, 0.6) is 0 Å². The molecule has 0 fully saturated rings. The highest BCUT2D eigenvalue weighted by Gasteiger charge is 2.36. The van der Waals surface area contributed by atoms with Crippen molar-refractivity contribution >= 4 is 46.6 Å². The Kier molecular flexibility index (Phi) is 6.19. The maximum Gasteiger partial charge on any atom is 0.262 e. The number of aryl methyl sites for hydroxylation is 1. The molecular formula is C25H17Cl2N3O3.